The minimum absolute atomic E-state index is 0.442. The maximum atomic E-state index is 5.81. The molecule has 1 aliphatic heterocycles. The molecule has 0 aliphatic carbocycles. The van der Waals surface area contributed by atoms with Crippen LogP contribution in [0, 0.1) is 5.92 Å². The smallest absolute Gasteiger partial charge is 0.298 e. The number of oxazole rings is 1. The zero-order chi connectivity index (χ0) is 14.8. The Morgan fingerprint density at radius 3 is 3.09 bits per heavy atom. The normalized spacial score (nSPS) is 18.0. The summed E-state index contributed by atoms with van der Waals surface area (Å²) >= 11 is 0. The number of rotatable bonds is 4. The number of hydrogen-bond acceptors (Lipinski definition) is 6. The van der Waals surface area contributed by atoms with Crippen LogP contribution in [0.5, 0.6) is 5.88 Å². The van der Waals surface area contributed by atoms with E-state index in [-0.39, 0.29) is 0 Å². The molecule has 0 N–H and O–H groups in total. The van der Waals surface area contributed by atoms with Crippen LogP contribution in [0.25, 0.3) is 11.1 Å². The minimum Gasteiger partial charge on any atom is -0.476 e. The van der Waals surface area contributed by atoms with Crippen molar-refractivity contribution < 1.29 is 9.15 Å². The largest absolute Gasteiger partial charge is 0.476 e. The Hall–Kier alpha value is -2.63. The Labute approximate surface area is 127 Å². The van der Waals surface area contributed by atoms with Gasteiger partial charge in [0.05, 0.1) is 12.8 Å². The molecule has 1 unspecified atom stereocenters. The molecule has 0 spiro atoms. The Morgan fingerprint density at radius 1 is 1.27 bits per heavy atom. The second-order valence-corrected chi connectivity index (χ2v) is 5.42. The van der Waals surface area contributed by atoms with Crippen molar-refractivity contribution >= 4 is 17.1 Å². The van der Waals surface area contributed by atoms with Gasteiger partial charge in [-0.05, 0) is 18.6 Å². The lowest BCUT2D eigenvalue weighted by molar-refractivity contribution is 0.251. The number of nitrogens with zero attached hydrogens (tertiary/aromatic N) is 4. The molecule has 0 radical (unpaired) electrons. The molecule has 1 saturated heterocycles. The molecule has 6 heteroatoms. The zero-order valence-corrected chi connectivity index (χ0v) is 12.1. The number of anilines is 1. The van der Waals surface area contributed by atoms with Crippen molar-refractivity contribution in [1.29, 1.82) is 0 Å². The van der Waals surface area contributed by atoms with Gasteiger partial charge in [0.1, 0.15) is 5.52 Å². The van der Waals surface area contributed by atoms with Crippen molar-refractivity contribution in [1.82, 2.24) is 15.0 Å². The summed E-state index contributed by atoms with van der Waals surface area (Å²) in [7, 11) is 0. The molecule has 3 aromatic rings. The van der Waals surface area contributed by atoms with Crippen LogP contribution in [0.1, 0.15) is 6.42 Å². The van der Waals surface area contributed by atoms with Crippen molar-refractivity contribution in [2.45, 2.75) is 6.42 Å². The molecule has 1 atom stereocenters. The van der Waals surface area contributed by atoms with Crippen LogP contribution in [0.3, 0.4) is 0 Å². The topological polar surface area (TPSA) is 64.3 Å². The highest BCUT2D eigenvalue weighted by Crippen LogP contribution is 2.27. The molecule has 3 heterocycles. The van der Waals surface area contributed by atoms with Crippen LogP contribution in [0.15, 0.2) is 47.3 Å². The van der Waals surface area contributed by atoms with Crippen molar-refractivity contribution in [3.63, 3.8) is 0 Å². The van der Waals surface area contributed by atoms with Gasteiger partial charge in [0, 0.05) is 31.4 Å². The molecule has 2 aromatic heterocycles. The quantitative estimate of drug-likeness (QED) is 0.737. The van der Waals surface area contributed by atoms with E-state index in [1.165, 1.54) is 0 Å². The summed E-state index contributed by atoms with van der Waals surface area (Å²) in [6.45, 7) is 2.45. The van der Waals surface area contributed by atoms with Gasteiger partial charge < -0.3 is 14.1 Å². The van der Waals surface area contributed by atoms with E-state index >= 15 is 0 Å². The second kappa shape index (κ2) is 5.63. The van der Waals surface area contributed by atoms with Crippen molar-refractivity contribution in [2.75, 3.05) is 24.6 Å². The highest BCUT2D eigenvalue weighted by molar-refractivity contribution is 5.74. The average molecular weight is 296 g/mol. The standard InChI is InChI=1S/C16H16N4O2/c1-2-4-14-13(3-1)19-16(22-14)20-8-5-12(10-20)11-21-15-9-17-6-7-18-15/h1-4,6-7,9,12H,5,8,10-11H2. The maximum absolute atomic E-state index is 5.81. The van der Waals surface area contributed by atoms with E-state index in [0.29, 0.717) is 24.4 Å². The highest BCUT2D eigenvalue weighted by Gasteiger charge is 2.26. The zero-order valence-electron chi connectivity index (χ0n) is 12.1. The molecule has 112 valence electrons. The van der Waals surface area contributed by atoms with E-state index in [2.05, 4.69) is 19.9 Å². The van der Waals surface area contributed by atoms with Crippen LogP contribution in [-0.2, 0) is 0 Å². The lowest BCUT2D eigenvalue weighted by atomic mass is 10.1. The molecular formula is C16H16N4O2. The van der Waals surface area contributed by atoms with Crippen LogP contribution in [0.2, 0.25) is 0 Å². The lowest BCUT2D eigenvalue weighted by Gasteiger charge is -2.13. The van der Waals surface area contributed by atoms with Gasteiger partial charge in [0.25, 0.3) is 6.01 Å². The van der Waals surface area contributed by atoms with E-state index in [0.717, 1.165) is 30.6 Å². The Kier molecular flexibility index (Phi) is 3.34. The van der Waals surface area contributed by atoms with E-state index in [1.54, 1.807) is 18.6 Å². The van der Waals surface area contributed by atoms with Crippen molar-refractivity contribution in [3.8, 4) is 5.88 Å². The van der Waals surface area contributed by atoms with Gasteiger partial charge in [0.2, 0.25) is 5.88 Å². The van der Waals surface area contributed by atoms with Crippen LogP contribution in [0.4, 0.5) is 6.01 Å². The molecule has 6 nitrogen and oxygen atoms in total. The molecule has 0 saturated carbocycles. The summed E-state index contributed by atoms with van der Waals surface area (Å²) in [5.41, 5.74) is 1.73. The highest BCUT2D eigenvalue weighted by atomic mass is 16.5. The van der Waals surface area contributed by atoms with Gasteiger partial charge in [0.15, 0.2) is 5.58 Å². The molecule has 1 fully saturated rings. The van der Waals surface area contributed by atoms with E-state index in [1.807, 2.05) is 24.3 Å². The summed E-state index contributed by atoms with van der Waals surface area (Å²) in [5, 5.41) is 0. The number of aromatic nitrogens is 3. The molecule has 0 amide bonds. The molecule has 0 bridgehead atoms. The van der Waals surface area contributed by atoms with Gasteiger partial charge in [-0.1, -0.05) is 12.1 Å². The fourth-order valence-electron chi connectivity index (χ4n) is 2.70. The SMILES string of the molecule is c1ccc2oc(N3CCC(COc4cnccn4)C3)nc2c1. The van der Waals surface area contributed by atoms with E-state index in [9.17, 15) is 0 Å². The molecule has 22 heavy (non-hydrogen) atoms. The summed E-state index contributed by atoms with van der Waals surface area (Å²) in [6, 6.07) is 8.53. The summed E-state index contributed by atoms with van der Waals surface area (Å²) in [4.78, 5) is 14.8. The molecule has 1 aromatic carbocycles. The molecular weight excluding hydrogens is 280 g/mol. The minimum atomic E-state index is 0.442. The maximum Gasteiger partial charge on any atom is 0.298 e. The number of benzene rings is 1. The first-order valence-corrected chi connectivity index (χ1v) is 7.38. The third-order valence-electron chi connectivity index (χ3n) is 3.85. The van der Waals surface area contributed by atoms with Gasteiger partial charge in [-0.3, -0.25) is 4.98 Å². The van der Waals surface area contributed by atoms with Crippen LogP contribution >= 0.6 is 0 Å². The summed E-state index contributed by atoms with van der Waals surface area (Å²) < 4.78 is 11.5. The fourth-order valence-corrected chi connectivity index (χ4v) is 2.70. The van der Waals surface area contributed by atoms with Gasteiger partial charge in [-0.15, -0.1) is 0 Å². The van der Waals surface area contributed by atoms with Crippen LogP contribution in [-0.4, -0.2) is 34.6 Å². The van der Waals surface area contributed by atoms with E-state index in [4.69, 9.17) is 9.15 Å². The number of hydrogen-bond donors (Lipinski definition) is 0. The number of ether oxygens (including phenoxy) is 1. The first kappa shape index (κ1) is 13.1. The summed E-state index contributed by atoms with van der Waals surface area (Å²) in [5.74, 6) is 1.01. The number of fused-ring (bicyclic) bond motifs is 1. The molecule has 4 rings (SSSR count). The second-order valence-electron chi connectivity index (χ2n) is 5.42. The van der Waals surface area contributed by atoms with Crippen LogP contribution < -0.4 is 9.64 Å². The van der Waals surface area contributed by atoms with Gasteiger partial charge >= 0.3 is 0 Å². The van der Waals surface area contributed by atoms with Crippen molar-refractivity contribution in [3.05, 3.63) is 42.9 Å². The first-order valence-electron chi connectivity index (χ1n) is 7.38. The molecule has 1 aliphatic rings. The van der Waals surface area contributed by atoms with E-state index < -0.39 is 0 Å². The number of para-hydroxylation sites is 2. The third kappa shape index (κ3) is 2.59. The monoisotopic (exact) mass is 296 g/mol. The Bertz CT molecular complexity index is 726. The summed E-state index contributed by atoms with van der Waals surface area (Å²) in [6.07, 6.45) is 5.96. The van der Waals surface area contributed by atoms with Gasteiger partial charge in [-0.2, -0.15) is 4.98 Å². The third-order valence-corrected chi connectivity index (χ3v) is 3.85. The Morgan fingerprint density at radius 2 is 2.23 bits per heavy atom. The predicted molar refractivity (Wildman–Crippen MR) is 81.9 cm³/mol. The Balaban J connectivity index is 1.39. The van der Waals surface area contributed by atoms with Gasteiger partial charge in [-0.25, -0.2) is 4.98 Å². The lowest BCUT2D eigenvalue weighted by Crippen LogP contribution is -2.22. The fraction of sp³-hybridized carbons (Fsp3) is 0.312. The first-order chi connectivity index (χ1) is 10.9. The predicted octanol–water partition coefficient (Wildman–Crippen LogP) is 2.52. The average Bonchev–Trinajstić information content (AvgIpc) is 3.20. The van der Waals surface area contributed by atoms with Crippen molar-refractivity contribution in [2.24, 2.45) is 5.92 Å².